The minimum atomic E-state index is 1.12. The number of para-hydroxylation sites is 6. The zero-order chi connectivity index (χ0) is 56.6. The molecule has 0 radical (unpaired) electrons. The Bertz CT molecular complexity index is 5030. The molecule has 4 heteroatoms. The van der Waals surface area contributed by atoms with Gasteiger partial charge in [0, 0.05) is 65.8 Å². The van der Waals surface area contributed by atoms with Gasteiger partial charge in [0.2, 0.25) is 0 Å². The Hall–Kier alpha value is -10.4. The van der Waals surface area contributed by atoms with E-state index < -0.39 is 0 Å². The van der Waals surface area contributed by atoms with E-state index >= 15 is 0 Å². The highest BCUT2D eigenvalue weighted by molar-refractivity contribution is 6.29. The molecule has 400 valence electrons. The minimum Gasteiger partial charge on any atom is -0.309 e. The molecule has 4 nitrogen and oxygen atoms in total. The first kappa shape index (κ1) is 52.0. The van der Waals surface area contributed by atoms with Crippen molar-refractivity contribution in [3.05, 3.63) is 292 Å². The van der Waals surface area contributed by atoms with Crippen LogP contribution >= 0.6 is 0 Å². The van der Waals surface area contributed by atoms with Gasteiger partial charge in [-0.2, -0.15) is 0 Å². The van der Waals surface area contributed by atoms with Crippen molar-refractivity contribution in [3.8, 4) is 56.1 Å². The van der Waals surface area contributed by atoms with Gasteiger partial charge in [-0.3, -0.25) is 0 Å². The number of fused-ring (bicyclic) bond motifs is 14. The van der Waals surface area contributed by atoms with Gasteiger partial charge in [-0.25, -0.2) is 0 Å². The Morgan fingerprint density at radius 3 is 1.02 bits per heavy atom. The van der Waals surface area contributed by atoms with E-state index in [-0.39, 0.29) is 0 Å². The van der Waals surface area contributed by atoms with Gasteiger partial charge >= 0.3 is 0 Å². The summed E-state index contributed by atoms with van der Waals surface area (Å²) in [4.78, 5) is 0. The molecule has 0 aliphatic carbocycles. The average molecular weight is 1070 g/mol. The third-order valence-corrected chi connectivity index (χ3v) is 15.9. The van der Waals surface area contributed by atoms with Gasteiger partial charge in [0.1, 0.15) is 0 Å². The molecule has 16 aromatic rings. The molecule has 4 aromatic heterocycles. The summed E-state index contributed by atoms with van der Waals surface area (Å²) in [7, 11) is 0. The van der Waals surface area contributed by atoms with E-state index in [9.17, 15) is 0 Å². The van der Waals surface area contributed by atoms with Crippen molar-refractivity contribution in [2.24, 2.45) is 0 Å². The zero-order valence-corrected chi connectivity index (χ0v) is 47.6. The molecule has 0 atom stereocenters. The Labute approximate surface area is 485 Å². The van der Waals surface area contributed by atoms with Gasteiger partial charge in [-0.1, -0.05) is 204 Å². The van der Waals surface area contributed by atoms with Gasteiger partial charge in [0.05, 0.1) is 44.1 Å². The normalized spacial score (nSPS) is 11.2. The summed E-state index contributed by atoms with van der Waals surface area (Å²) in [6, 6.07) is 102. The van der Waals surface area contributed by atoms with E-state index in [1.54, 1.807) is 6.08 Å². The van der Waals surface area contributed by atoms with E-state index in [4.69, 9.17) is 0 Å². The molecule has 16 rings (SSSR count). The van der Waals surface area contributed by atoms with Crippen LogP contribution in [0.1, 0.15) is 34.6 Å². The van der Waals surface area contributed by atoms with E-state index in [0.29, 0.717) is 0 Å². The van der Waals surface area contributed by atoms with E-state index in [1.807, 2.05) is 34.6 Å². The van der Waals surface area contributed by atoms with Crippen LogP contribution in [0.5, 0.6) is 0 Å². The molecule has 0 unspecified atom stereocenters. The van der Waals surface area contributed by atoms with Crippen LogP contribution in [0.2, 0.25) is 0 Å². The summed E-state index contributed by atoms with van der Waals surface area (Å²) in [6.07, 6.45) is 1.75. The predicted octanol–water partition coefficient (Wildman–Crippen LogP) is 22.3. The molecule has 0 aliphatic rings. The number of nitrogens with zero attached hydrogens (tertiary/aromatic N) is 4. The first-order chi connectivity index (χ1) is 41.1. The van der Waals surface area contributed by atoms with Crippen molar-refractivity contribution >= 4 is 87.2 Å². The number of aromatic nitrogens is 4. The second kappa shape index (κ2) is 22.3. The zero-order valence-electron chi connectivity index (χ0n) is 47.6. The fourth-order valence-electron chi connectivity index (χ4n) is 12.7. The summed E-state index contributed by atoms with van der Waals surface area (Å²) < 4.78 is 9.80. The average Bonchev–Trinajstić information content (AvgIpc) is 2.27. The lowest BCUT2D eigenvalue weighted by molar-refractivity contribution is 1.17. The van der Waals surface area contributed by atoms with Crippen LogP contribution < -0.4 is 0 Å². The molecular weight excluding hydrogens is 1000 g/mol. The second-order valence-electron chi connectivity index (χ2n) is 20.5. The highest BCUT2D eigenvalue weighted by Crippen LogP contribution is 2.45. The quantitative estimate of drug-likeness (QED) is 0.142. The summed E-state index contributed by atoms with van der Waals surface area (Å²) in [5.41, 5.74) is 21.1. The van der Waals surface area contributed by atoms with Crippen molar-refractivity contribution in [1.82, 2.24) is 18.3 Å². The Morgan fingerprint density at radius 1 is 0.241 bits per heavy atom. The largest absolute Gasteiger partial charge is 0.309 e. The molecule has 0 aliphatic heterocycles. The van der Waals surface area contributed by atoms with Crippen molar-refractivity contribution in [2.75, 3.05) is 0 Å². The number of rotatable bonds is 7. The molecule has 0 saturated carbocycles. The highest BCUT2D eigenvalue weighted by Gasteiger charge is 2.23. The molecule has 0 saturated heterocycles. The van der Waals surface area contributed by atoms with Crippen LogP contribution in [-0.4, -0.2) is 18.3 Å². The topological polar surface area (TPSA) is 19.7 Å². The van der Waals surface area contributed by atoms with Gasteiger partial charge in [-0.15, -0.1) is 6.58 Å². The smallest absolute Gasteiger partial charge is 0.0641 e. The monoisotopic (exact) mass is 1070 g/mol. The molecule has 0 N–H and O–H groups in total. The number of allylic oxidation sites excluding steroid dienone is 1. The lowest BCUT2D eigenvalue weighted by atomic mass is 9.93. The molecule has 12 aromatic carbocycles. The third kappa shape index (κ3) is 8.70. The van der Waals surface area contributed by atoms with Crippen LogP contribution in [0.15, 0.2) is 292 Å². The van der Waals surface area contributed by atoms with Crippen LogP contribution in [0, 0.1) is 0 Å². The maximum absolute atomic E-state index is 3.36. The lowest BCUT2D eigenvalue weighted by Crippen LogP contribution is -1.96. The lowest BCUT2D eigenvalue weighted by Gasteiger charge is -2.15. The summed E-state index contributed by atoms with van der Waals surface area (Å²) >= 11 is 0. The molecule has 0 spiro atoms. The predicted molar refractivity (Wildman–Crippen MR) is 359 cm³/mol. The summed E-state index contributed by atoms with van der Waals surface area (Å²) in [6.45, 7) is 13.2. The first-order valence-corrected chi connectivity index (χ1v) is 29.2. The minimum absolute atomic E-state index is 1.12. The molecule has 83 heavy (non-hydrogen) atoms. The first-order valence-electron chi connectivity index (χ1n) is 29.2. The SMILES string of the molecule is C=CC.CC.CC.c1ccc(-c2cc(-c3cccc(-n4c5ccccc5c5c6c7ccccc7n(-c7ccccc7)c6ccc54)c3)cc(-c3cccc(-n4c5ccccc5c5c4ccc4c6ccccc6n(-c6ccccc6)c45)c3)c2)cc1. The second-order valence-corrected chi connectivity index (χ2v) is 20.5. The highest BCUT2D eigenvalue weighted by atomic mass is 15.0. The van der Waals surface area contributed by atoms with Crippen LogP contribution in [-0.2, 0) is 0 Å². The maximum atomic E-state index is 3.36. The van der Waals surface area contributed by atoms with E-state index in [2.05, 4.69) is 304 Å². The van der Waals surface area contributed by atoms with Crippen LogP contribution in [0.3, 0.4) is 0 Å². The van der Waals surface area contributed by atoms with Crippen LogP contribution in [0.25, 0.3) is 143 Å². The number of hydrogen-bond acceptors (Lipinski definition) is 0. The molecule has 0 fully saturated rings. The molecule has 0 amide bonds. The van der Waals surface area contributed by atoms with Gasteiger partial charge in [0.25, 0.3) is 0 Å². The van der Waals surface area contributed by atoms with Gasteiger partial charge in [0.15, 0.2) is 0 Å². The molecule has 0 bridgehead atoms. The molecular formula is C79H64N4. The Kier molecular flexibility index (Phi) is 13.9. The summed E-state index contributed by atoms with van der Waals surface area (Å²) in [5, 5.41) is 10.0. The fourth-order valence-corrected chi connectivity index (χ4v) is 12.7. The van der Waals surface area contributed by atoms with Crippen molar-refractivity contribution in [1.29, 1.82) is 0 Å². The van der Waals surface area contributed by atoms with Gasteiger partial charge in [-0.05, 0) is 149 Å². The van der Waals surface area contributed by atoms with Crippen molar-refractivity contribution < 1.29 is 0 Å². The Balaban J connectivity index is 0.000000886. The van der Waals surface area contributed by atoms with Crippen molar-refractivity contribution in [3.63, 3.8) is 0 Å². The number of benzene rings is 12. The van der Waals surface area contributed by atoms with E-state index in [0.717, 1.165) is 45.0 Å². The molecule has 4 heterocycles. The summed E-state index contributed by atoms with van der Waals surface area (Å²) in [5.74, 6) is 0. The van der Waals surface area contributed by atoms with E-state index in [1.165, 1.54) is 98.4 Å². The number of hydrogen-bond donors (Lipinski definition) is 0. The van der Waals surface area contributed by atoms with Gasteiger partial charge < -0.3 is 18.3 Å². The van der Waals surface area contributed by atoms with Crippen LogP contribution in [0.4, 0.5) is 0 Å². The standard InChI is InChI=1S/C72H46N4.C3H6.2C2H6/c1-4-20-47(21-5-1)50-42-51(48-22-18-28-55(45-48)74-64-36-16-12-32-60(64)70-67(74)41-40-66-69(70)59-31-11-15-35-63(59)73(66)53-24-6-2-7-25-53)44-52(43-50)49-23-19-29-56(46-49)75-65-37-17-13-33-61(65)71-68(75)39-38-58-57-30-10-14-34-62(57)76(72(58)71)54-26-8-3-9-27-54;1-3-2;2*1-2/h1-46H;3H,1H2,2H3;2*1-2H3. The van der Waals surface area contributed by atoms with Crippen molar-refractivity contribution in [2.45, 2.75) is 34.6 Å². The Morgan fingerprint density at radius 2 is 0.554 bits per heavy atom. The third-order valence-electron chi connectivity index (χ3n) is 15.9. The maximum Gasteiger partial charge on any atom is 0.0641 e. The fraction of sp³-hybridized carbons (Fsp3) is 0.0633.